The maximum Gasteiger partial charge on any atom is 0.252 e. The summed E-state index contributed by atoms with van der Waals surface area (Å²) < 4.78 is 27.5. The van der Waals surface area contributed by atoms with Crippen LogP contribution < -0.4 is 5.32 Å². The van der Waals surface area contributed by atoms with E-state index in [9.17, 15) is 13.2 Å². The SMILES string of the molecule is CC(C)(C)C(NC(=O)Cc1ccc(S(=O)(=O)N2CCCCC2)s1)c1cccs1. The van der Waals surface area contributed by atoms with Crippen LogP contribution in [0, 0.1) is 5.41 Å². The van der Waals surface area contributed by atoms with Crippen molar-refractivity contribution in [2.75, 3.05) is 13.1 Å². The van der Waals surface area contributed by atoms with E-state index in [1.54, 1.807) is 27.8 Å². The third-order valence-corrected chi connectivity index (χ3v) is 9.27. The molecule has 2 aromatic rings. The third-order valence-electron chi connectivity index (χ3n) is 4.88. The Morgan fingerprint density at radius 2 is 1.89 bits per heavy atom. The average Bonchev–Trinajstić information content (AvgIpc) is 3.31. The number of hydrogen-bond acceptors (Lipinski definition) is 5. The number of carbonyl (C=O) groups is 1. The Morgan fingerprint density at radius 3 is 2.50 bits per heavy atom. The summed E-state index contributed by atoms with van der Waals surface area (Å²) in [5.41, 5.74) is -0.112. The number of sulfonamides is 1. The van der Waals surface area contributed by atoms with Crippen LogP contribution in [0.25, 0.3) is 0 Å². The smallest absolute Gasteiger partial charge is 0.252 e. The Labute approximate surface area is 175 Å². The molecule has 154 valence electrons. The van der Waals surface area contributed by atoms with Crippen molar-refractivity contribution in [1.29, 1.82) is 0 Å². The number of piperidine rings is 1. The van der Waals surface area contributed by atoms with Gasteiger partial charge < -0.3 is 5.32 Å². The highest BCUT2D eigenvalue weighted by molar-refractivity contribution is 7.91. The van der Waals surface area contributed by atoms with Gasteiger partial charge in [-0.15, -0.1) is 22.7 Å². The Bertz CT molecular complexity index is 890. The molecule has 1 atom stereocenters. The average molecular weight is 441 g/mol. The van der Waals surface area contributed by atoms with Gasteiger partial charge >= 0.3 is 0 Å². The molecule has 0 bridgehead atoms. The maximum absolute atomic E-state index is 12.8. The minimum absolute atomic E-state index is 0.0727. The summed E-state index contributed by atoms with van der Waals surface area (Å²) in [5.74, 6) is -0.0860. The van der Waals surface area contributed by atoms with E-state index in [4.69, 9.17) is 0 Å². The lowest BCUT2D eigenvalue weighted by Gasteiger charge is -2.30. The first-order chi connectivity index (χ1) is 13.2. The van der Waals surface area contributed by atoms with Crippen molar-refractivity contribution >= 4 is 38.6 Å². The van der Waals surface area contributed by atoms with Crippen molar-refractivity contribution in [1.82, 2.24) is 9.62 Å². The molecule has 1 aliphatic heterocycles. The van der Waals surface area contributed by atoms with Crippen molar-refractivity contribution in [2.24, 2.45) is 5.41 Å². The number of nitrogens with zero attached hydrogens (tertiary/aromatic N) is 1. The number of hydrogen-bond donors (Lipinski definition) is 1. The van der Waals surface area contributed by atoms with Gasteiger partial charge in [0.1, 0.15) is 4.21 Å². The molecule has 3 heterocycles. The van der Waals surface area contributed by atoms with E-state index < -0.39 is 10.0 Å². The summed E-state index contributed by atoms with van der Waals surface area (Å²) in [4.78, 5) is 14.6. The number of carbonyl (C=O) groups excluding carboxylic acids is 1. The highest BCUT2D eigenvalue weighted by atomic mass is 32.2. The summed E-state index contributed by atoms with van der Waals surface area (Å²) in [6.45, 7) is 7.48. The maximum atomic E-state index is 12.8. The van der Waals surface area contributed by atoms with Crippen LogP contribution in [0.5, 0.6) is 0 Å². The van der Waals surface area contributed by atoms with Crippen molar-refractivity contribution < 1.29 is 13.2 Å². The molecule has 0 spiro atoms. The quantitative estimate of drug-likeness (QED) is 0.723. The van der Waals surface area contributed by atoms with Gasteiger partial charge in [-0.25, -0.2) is 8.42 Å². The van der Waals surface area contributed by atoms with Crippen molar-refractivity contribution in [2.45, 2.75) is 56.7 Å². The van der Waals surface area contributed by atoms with Gasteiger partial charge in [-0.2, -0.15) is 4.31 Å². The molecule has 1 unspecified atom stereocenters. The number of rotatable bonds is 6. The largest absolute Gasteiger partial charge is 0.348 e. The molecule has 1 amide bonds. The van der Waals surface area contributed by atoms with Gasteiger partial charge in [0.25, 0.3) is 10.0 Å². The van der Waals surface area contributed by atoms with Crippen LogP contribution in [-0.2, 0) is 21.2 Å². The van der Waals surface area contributed by atoms with Crippen LogP contribution in [-0.4, -0.2) is 31.7 Å². The van der Waals surface area contributed by atoms with Gasteiger partial charge in [0.2, 0.25) is 5.91 Å². The van der Waals surface area contributed by atoms with E-state index >= 15 is 0 Å². The normalized spacial score (nSPS) is 17.4. The third kappa shape index (κ3) is 5.03. The molecule has 1 fully saturated rings. The van der Waals surface area contributed by atoms with Gasteiger partial charge in [-0.1, -0.05) is 33.3 Å². The Balaban J connectivity index is 1.68. The fourth-order valence-electron chi connectivity index (χ4n) is 3.36. The molecule has 0 saturated carbocycles. The molecule has 1 saturated heterocycles. The highest BCUT2D eigenvalue weighted by Gasteiger charge is 2.30. The van der Waals surface area contributed by atoms with E-state index in [0.29, 0.717) is 17.3 Å². The standard InChI is InChI=1S/C20H28N2O3S3/c1-20(2,3)19(16-8-7-13-26-16)21-17(23)14-15-9-10-18(27-15)28(24,25)22-11-5-4-6-12-22/h7-10,13,19H,4-6,11-12,14H2,1-3H3,(H,21,23). The Morgan fingerprint density at radius 1 is 1.18 bits per heavy atom. The summed E-state index contributed by atoms with van der Waals surface area (Å²) in [5, 5.41) is 5.15. The molecule has 28 heavy (non-hydrogen) atoms. The van der Waals surface area contributed by atoms with Crippen LogP contribution in [0.4, 0.5) is 0 Å². The second kappa shape index (κ2) is 8.65. The van der Waals surface area contributed by atoms with Crippen molar-refractivity contribution in [3.63, 3.8) is 0 Å². The van der Waals surface area contributed by atoms with E-state index in [-0.39, 0.29) is 23.8 Å². The van der Waals surface area contributed by atoms with Gasteiger partial charge in [0.15, 0.2) is 0 Å². The first-order valence-electron chi connectivity index (χ1n) is 9.59. The Kier molecular flexibility index (Phi) is 6.64. The first kappa shape index (κ1) is 21.5. The predicted molar refractivity (Wildman–Crippen MR) is 115 cm³/mol. The van der Waals surface area contributed by atoms with Gasteiger partial charge in [0, 0.05) is 22.8 Å². The van der Waals surface area contributed by atoms with E-state index in [1.807, 2.05) is 17.5 Å². The lowest BCUT2D eigenvalue weighted by Crippen LogP contribution is -2.36. The van der Waals surface area contributed by atoms with Gasteiger partial charge in [0.05, 0.1) is 12.5 Å². The fourth-order valence-corrected chi connectivity index (χ4v) is 7.41. The minimum Gasteiger partial charge on any atom is -0.348 e. The molecular weight excluding hydrogens is 412 g/mol. The van der Waals surface area contributed by atoms with Crippen LogP contribution in [0.1, 0.15) is 55.8 Å². The summed E-state index contributed by atoms with van der Waals surface area (Å²) >= 11 is 2.84. The topological polar surface area (TPSA) is 66.5 Å². The zero-order valence-corrected chi connectivity index (χ0v) is 19.1. The van der Waals surface area contributed by atoms with Gasteiger partial charge in [-0.05, 0) is 41.8 Å². The van der Waals surface area contributed by atoms with E-state index in [2.05, 4.69) is 26.1 Å². The summed E-state index contributed by atoms with van der Waals surface area (Å²) in [6, 6.07) is 7.35. The number of nitrogens with one attached hydrogen (secondary N) is 1. The summed E-state index contributed by atoms with van der Waals surface area (Å²) in [6.07, 6.45) is 3.10. The van der Waals surface area contributed by atoms with Gasteiger partial charge in [-0.3, -0.25) is 4.79 Å². The molecular formula is C20H28N2O3S3. The second-order valence-electron chi connectivity index (χ2n) is 8.24. The molecule has 3 rings (SSSR count). The number of amides is 1. The Hall–Kier alpha value is -1.22. The fraction of sp³-hybridized carbons (Fsp3) is 0.550. The minimum atomic E-state index is -3.44. The van der Waals surface area contributed by atoms with Crippen LogP contribution in [0.15, 0.2) is 33.9 Å². The lowest BCUT2D eigenvalue weighted by molar-refractivity contribution is -0.121. The monoisotopic (exact) mass is 440 g/mol. The second-order valence-corrected chi connectivity index (χ2v) is 12.6. The molecule has 1 aliphatic rings. The molecule has 2 aromatic heterocycles. The molecule has 5 nitrogen and oxygen atoms in total. The van der Waals surface area contributed by atoms with Crippen LogP contribution in [0.2, 0.25) is 0 Å². The first-order valence-corrected chi connectivity index (χ1v) is 12.7. The highest BCUT2D eigenvalue weighted by Crippen LogP contribution is 2.35. The zero-order valence-electron chi connectivity index (χ0n) is 16.6. The molecule has 8 heteroatoms. The zero-order chi connectivity index (χ0) is 20.4. The molecule has 0 radical (unpaired) electrons. The molecule has 0 aromatic carbocycles. The van der Waals surface area contributed by atoms with Crippen molar-refractivity contribution in [3.05, 3.63) is 39.4 Å². The molecule has 0 aliphatic carbocycles. The number of thiophene rings is 2. The van der Waals surface area contributed by atoms with Crippen LogP contribution in [0.3, 0.4) is 0 Å². The van der Waals surface area contributed by atoms with E-state index in [1.165, 1.54) is 11.3 Å². The molecule has 1 N–H and O–H groups in total. The van der Waals surface area contributed by atoms with E-state index in [0.717, 1.165) is 29.0 Å². The van der Waals surface area contributed by atoms with Crippen molar-refractivity contribution in [3.8, 4) is 0 Å². The van der Waals surface area contributed by atoms with Crippen LogP contribution >= 0.6 is 22.7 Å². The lowest BCUT2D eigenvalue weighted by atomic mass is 9.85. The predicted octanol–water partition coefficient (Wildman–Crippen LogP) is 4.43. The summed E-state index contributed by atoms with van der Waals surface area (Å²) in [7, 11) is -3.44.